The minimum atomic E-state index is -0.315. The van der Waals surface area contributed by atoms with Crippen LogP contribution in [0.1, 0.15) is 21.7 Å². The lowest BCUT2D eigenvalue weighted by Crippen LogP contribution is -2.14. The van der Waals surface area contributed by atoms with Gasteiger partial charge in [0, 0.05) is 23.0 Å². The van der Waals surface area contributed by atoms with Crippen molar-refractivity contribution >= 4 is 44.9 Å². The lowest BCUT2D eigenvalue weighted by atomic mass is 10.0. The van der Waals surface area contributed by atoms with E-state index >= 15 is 0 Å². The molecule has 1 N–H and O–H groups in total. The number of nitrogens with one attached hydrogen (secondary N) is 1. The molecular weight excluding hydrogens is 444 g/mol. The van der Waals surface area contributed by atoms with Crippen LogP contribution >= 0.6 is 22.9 Å². The van der Waals surface area contributed by atoms with E-state index in [1.807, 2.05) is 55.5 Å². The number of carbonyl (C=O) groups is 1. The van der Waals surface area contributed by atoms with E-state index in [4.69, 9.17) is 21.1 Å². The van der Waals surface area contributed by atoms with Crippen molar-refractivity contribution < 1.29 is 9.32 Å². The Hall–Kier alpha value is -3.55. The van der Waals surface area contributed by atoms with Crippen molar-refractivity contribution in [1.29, 1.82) is 0 Å². The lowest BCUT2D eigenvalue weighted by Gasteiger charge is -2.11. The number of rotatable bonds is 4. The number of amides is 1. The molecule has 0 spiro atoms. The van der Waals surface area contributed by atoms with E-state index in [0.717, 1.165) is 26.5 Å². The van der Waals surface area contributed by atoms with E-state index in [0.29, 0.717) is 33.3 Å². The number of carbonyl (C=O) groups excluding carboxylic acids is 1. The van der Waals surface area contributed by atoms with E-state index in [1.165, 1.54) is 11.3 Å². The summed E-state index contributed by atoms with van der Waals surface area (Å²) in [7, 11) is 0. The van der Waals surface area contributed by atoms with Crippen LogP contribution < -0.4 is 5.32 Å². The Morgan fingerprint density at radius 1 is 1.03 bits per heavy atom. The molecule has 0 aliphatic heterocycles. The van der Waals surface area contributed by atoms with Crippen molar-refractivity contribution in [2.45, 2.75) is 13.8 Å². The minimum Gasteiger partial charge on any atom is -0.360 e. The molecule has 0 fully saturated rings. The van der Waals surface area contributed by atoms with Gasteiger partial charge in [0.15, 0.2) is 0 Å². The maximum atomic E-state index is 13.3. The zero-order chi connectivity index (χ0) is 22.2. The Balaban J connectivity index is 1.51. The molecule has 158 valence electrons. The monoisotopic (exact) mass is 460 g/mol. The molecule has 6 nitrogen and oxygen atoms in total. The number of aryl methyl sites for hydroxylation is 1. The molecule has 3 aromatic heterocycles. The van der Waals surface area contributed by atoms with Crippen molar-refractivity contribution in [3.8, 4) is 21.8 Å². The van der Waals surface area contributed by atoms with Crippen molar-refractivity contribution in [3.63, 3.8) is 0 Å². The first-order valence-electron chi connectivity index (χ1n) is 9.87. The molecule has 5 aromatic rings. The van der Waals surface area contributed by atoms with E-state index in [-0.39, 0.29) is 5.91 Å². The summed E-state index contributed by atoms with van der Waals surface area (Å²) in [4.78, 5) is 23.2. The Bertz CT molecular complexity index is 1440. The first kappa shape index (κ1) is 20.4. The van der Waals surface area contributed by atoms with E-state index < -0.39 is 0 Å². The smallest absolute Gasteiger partial charge is 0.261 e. The topological polar surface area (TPSA) is 80.9 Å². The number of halogens is 1. The second-order valence-electron chi connectivity index (χ2n) is 7.22. The largest absolute Gasteiger partial charge is 0.360 e. The number of thiazole rings is 1. The zero-order valence-electron chi connectivity index (χ0n) is 17.2. The number of aromatic nitrogens is 3. The maximum absolute atomic E-state index is 13.3. The molecule has 0 aliphatic rings. The average Bonchev–Trinajstić information content (AvgIpc) is 3.39. The van der Waals surface area contributed by atoms with Gasteiger partial charge in [-0.25, -0.2) is 9.97 Å². The highest BCUT2D eigenvalue weighted by Gasteiger charge is 2.24. The molecule has 0 bridgehead atoms. The molecule has 5 rings (SSSR count). The third-order valence-electron chi connectivity index (χ3n) is 5.20. The van der Waals surface area contributed by atoms with Crippen molar-refractivity contribution in [1.82, 2.24) is 15.1 Å². The Labute approximate surface area is 192 Å². The molecule has 3 heterocycles. The highest BCUT2D eigenvalue weighted by atomic mass is 35.5. The fourth-order valence-electron chi connectivity index (χ4n) is 3.55. The first-order chi connectivity index (χ1) is 15.5. The van der Waals surface area contributed by atoms with Gasteiger partial charge in [0.2, 0.25) is 0 Å². The number of hydrogen-bond donors (Lipinski definition) is 1. The van der Waals surface area contributed by atoms with Gasteiger partial charge in [-0.3, -0.25) is 4.79 Å². The van der Waals surface area contributed by atoms with Crippen LogP contribution in [0.5, 0.6) is 0 Å². The molecule has 2 aromatic carbocycles. The second-order valence-corrected chi connectivity index (χ2v) is 8.61. The predicted octanol–water partition coefficient (Wildman–Crippen LogP) is 6.54. The Morgan fingerprint density at radius 2 is 1.84 bits per heavy atom. The standard InChI is InChI=1S/C24H17ClN4O2S/c1-13-15(23-28-19-11-6-12-26-24(19)32-23)8-5-10-18(13)27-22(30)20-14(2)31-29-21(20)16-7-3-4-9-17(16)25/h3-12H,1-2H3,(H,27,30). The molecule has 0 saturated carbocycles. The summed E-state index contributed by atoms with van der Waals surface area (Å²) in [6.07, 6.45) is 1.76. The van der Waals surface area contributed by atoms with Gasteiger partial charge in [0.1, 0.15) is 32.4 Å². The van der Waals surface area contributed by atoms with Gasteiger partial charge < -0.3 is 9.84 Å². The molecule has 0 aliphatic carbocycles. The van der Waals surface area contributed by atoms with Crippen LogP contribution in [0.3, 0.4) is 0 Å². The molecule has 0 radical (unpaired) electrons. The Morgan fingerprint density at radius 3 is 2.66 bits per heavy atom. The summed E-state index contributed by atoms with van der Waals surface area (Å²) in [5.41, 5.74) is 4.80. The van der Waals surface area contributed by atoms with Crippen LogP contribution in [0.4, 0.5) is 5.69 Å². The SMILES string of the molecule is Cc1onc(-c2ccccc2Cl)c1C(=O)Nc1cccc(-c2nc3cccnc3s2)c1C. The van der Waals surface area contributed by atoms with Crippen molar-refractivity contribution in [3.05, 3.63) is 82.7 Å². The number of nitrogens with zero attached hydrogens (tertiary/aromatic N) is 3. The van der Waals surface area contributed by atoms with Crippen molar-refractivity contribution in [2.24, 2.45) is 0 Å². The average molecular weight is 461 g/mol. The third kappa shape index (κ3) is 3.55. The summed E-state index contributed by atoms with van der Waals surface area (Å²) < 4.78 is 5.34. The highest BCUT2D eigenvalue weighted by molar-refractivity contribution is 7.21. The summed E-state index contributed by atoms with van der Waals surface area (Å²) in [6, 6.07) is 16.8. The highest BCUT2D eigenvalue weighted by Crippen LogP contribution is 2.35. The van der Waals surface area contributed by atoms with Gasteiger partial charge in [0.05, 0.1) is 5.02 Å². The van der Waals surface area contributed by atoms with Gasteiger partial charge in [-0.2, -0.15) is 0 Å². The van der Waals surface area contributed by atoms with Crippen LogP contribution in [0.2, 0.25) is 5.02 Å². The molecule has 0 unspecified atom stereocenters. The number of anilines is 1. The molecular formula is C24H17ClN4O2S. The van der Waals surface area contributed by atoms with Gasteiger partial charge in [-0.1, -0.05) is 58.4 Å². The number of fused-ring (bicyclic) bond motifs is 1. The summed E-state index contributed by atoms with van der Waals surface area (Å²) in [5.74, 6) is 0.105. The number of benzene rings is 2. The van der Waals surface area contributed by atoms with Crippen LogP contribution in [-0.4, -0.2) is 21.0 Å². The van der Waals surface area contributed by atoms with Gasteiger partial charge in [-0.05, 0) is 43.7 Å². The summed E-state index contributed by atoms with van der Waals surface area (Å²) in [6.45, 7) is 3.67. The third-order valence-corrected chi connectivity index (χ3v) is 6.54. The summed E-state index contributed by atoms with van der Waals surface area (Å²) in [5, 5.41) is 8.44. The Kier molecular flexibility index (Phi) is 5.20. The fraction of sp³-hybridized carbons (Fsp3) is 0.0833. The maximum Gasteiger partial charge on any atom is 0.261 e. The van der Waals surface area contributed by atoms with Crippen molar-refractivity contribution in [2.75, 3.05) is 5.32 Å². The quantitative estimate of drug-likeness (QED) is 0.329. The van der Waals surface area contributed by atoms with Crippen LogP contribution in [0.15, 0.2) is 65.3 Å². The zero-order valence-corrected chi connectivity index (χ0v) is 18.8. The van der Waals surface area contributed by atoms with Crippen LogP contribution in [-0.2, 0) is 0 Å². The molecule has 1 amide bonds. The fourth-order valence-corrected chi connectivity index (χ4v) is 4.76. The van der Waals surface area contributed by atoms with Crippen LogP contribution in [0, 0.1) is 13.8 Å². The normalized spacial score (nSPS) is 11.1. The lowest BCUT2D eigenvalue weighted by molar-refractivity contribution is 0.102. The number of pyridine rings is 1. The molecule has 32 heavy (non-hydrogen) atoms. The first-order valence-corrected chi connectivity index (χ1v) is 11.1. The molecule has 8 heteroatoms. The minimum absolute atomic E-state index is 0.315. The van der Waals surface area contributed by atoms with Gasteiger partial charge in [-0.15, -0.1) is 0 Å². The summed E-state index contributed by atoms with van der Waals surface area (Å²) >= 11 is 7.85. The number of hydrogen-bond acceptors (Lipinski definition) is 6. The van der Waals surface area contributed by atoms with Gasteiger partial charge in [0.25, 0.3) is 5.91 Å². The molecule has 0 saturated heterocycles. The molecule has 0 atom stereocenters. The van der Waals surface area contributed by atoms with Gasteiger partial charge >= 0.3 is 0 Å². The van der Waals surface area contributed by atoms with E-state index in [9.17, 15) is 4.79 Å². The van der Waals surface area contributed by atoms with Crippen LogP contribution in [0.25, 0.3) is 32.2 Å². The predicted molar refractivity (Wildman–Crippen MR) is 127 cm³/mol. The van der Waals surface area contributed by atoms with E-state index in [1.54, 1.807) is 19.2 Å². The van der Waals surface area contributed by atoms with E-state index in [2.05, 4.69) is 15.5 Å². The second kappa shape index (κ2) is 8.18.